The first kappa shape index (κ1) is 19.8. The Morgan fingerprint density at radius 2 is 2.04 bits per heavy atom. The van der Waals surface area contributed by atoms with E-state index in [1.165, 1.54) is 6.08 Å². The van der Waals surface area contributed by atoms with Gasteiger partial charge in [0.15, 0.2) is 5.78 Å². The number of ketones is 1. The number of aromatic nitrogens is 1. The summed E-state index contributed by atoms with van der Waals surface area (Å²) < 4.78 is 6.50. The van der Waals surface area contributed by atoms with Crippen molar-refractivity contribution in [3.63, 3.8) is 0 Å². The van der Waals surface area contributed by atoms with Crippen LogP contribution in [0.3, 0.4) is 0 Å². The van der Waals surface area contributed by atoms with Crippen LogP contribution in [0.15, 0.2) is 54.4 Å². The summed E-state index contributed by atoms with van der Waals surface area (Å²) in [5, 5.41) is 10.6. The van der Waals surface area contributed by atoms with Gasteiger partial charge in [0.25, 0.3) is 0 Å². The van der Waals surface area contributed by atoms with Gasteiger partial charge in [-0.1, -0.05) is 29.3 Å². The van der Waals surface area contributed by atoms with Gasteiger partial charge in [-0.05, 0) is 48.9 Å². The van der Waals surface area contributed by atoms with E-state index < -0.39 is 17.5 Å². The lowest BCUT2D eigenvalue weighted by atomic mass is 10.2. The lowest BCUT2D eigenvalue weighted by Gasteiger charge is -2.08. The summed E-state index contributed by atoms with van der Waals surface area (Å²) in [6, 6.07) is 8.92. The summed E-state index contributed by atoms with van der Waals surface area (Å²) >= 11 is 12.1. The van der Waals surface area contributed by atoms with Crippen molar-refractivity contribution >= 4 is 41.0 Å². The Balaban J connectivity index is 2.10. The van der Waals surface area contributed by atoms with Gasteiger partial charge >= 0.3 is 5.97 Å². The highest BCUT2D eigenvalue weighted by Gasteiger charge is 2.09. The summed E-state index contributed by atoms with van der Waals surface area (Å²) in [5.41, 5.74) is 1.64. The average Bonchev–Trinajstić information content (AvgIpc) is 3.03. The topological polar surface area (TPSA) is 68.5 Å². The van der Waals surface area contributed by atoms with Gasteiger partial charge in [0, 0.05) is 34.6 Å². The van der Waals surface area contributed by atoms with Crippen molar-refractivity contribution < 1.29 is 19.4 Å². The van der Waals surface area contributed by atoms with Crippen LogP contribution < -0.4 is 0 Å². The number of halogens is 2. The van der Waals surface area contributed by atoms with E-state index in [0.29, 0.717) is 16.6 Å². The van der Waals surface area contributed by atoms with Gasteiger partial charge in [-0.25, -0.2) is 4.79 Å². The highest BCUT2D eigenvalue weighted by Crippen LogP contribution is 2.22. The molecule has 2 aromatic rings. The number of hydrogen-bond donors (Lipinski definition) is 1. The number of rotatable bonds is 7. The smallest absolute Gasteiger partial charge is 0.373 e. The van der Waals surface area contributed by atoms with Crippen LogP contribution in [-0.2, 0) is 20.9 Å². The Bertz CT molecular complexity index is 868. The largest absolute Gasteiger partial charge is 0.502 e. The van der Waals surface area contributed by atoms with Gasteiger partial charge in [-0.3, -0.25) is 4.79 Å². The maximum Gasteiger partial charge on any atom is 0.373 e. The number of allylic oxidation sites excluding steroid dienone is 2. The fourth-order valence-corrected chi connectivity index (χ4v) is 2.64. The zero-order chi connectivity index (χ0) is 19.1. The maximum absolute atomic E-state index is 11.8. The van der Waals surface area contributed by atoms with Crippen LogP contribution in [0.25, 0.3) is 6.08 Å². The van der Waals surface area contributed by atoms with Crippen LogP contribution in [0.1, 0.15) is 18.2 Å². The summed E-state index contributed by atoms with van der Waals surface area (Å²) in [7, 11) is 0. The number of nitrogens with zero attached hydrogens (tertiary/aromatic N) is 1. The molecule has 0 amide bonds. The predicted molar refractivity (Wildman–Crippen MR) is 101 cm³/mol. The van der Waals surface area contributed by atoms with Crippen LogP contribution in [0.4, 0.5) is 0 Å². The molecular formula is C19H17Cl2NO4. The molecule has 1 N–H and O–H groups in total. The molecule has 0 saturated heterocycles. The number of benzene rings is 1. The third-order valence-electron chi connectivity index (χ3n) is 3.40. The molecule has 136 valence electrons. The number of aliphatic hydroxyl groups excluding tert-OH is 1. The Morgan fingerprint density at radius 1 is 1.27 bits per heavy atom. The number of carbonyl (C=O) groups excluding carboxylic acids is 2. The van der Waals surface area contributed by atoms with Gasteiger partial charge in [0.2, 0.25) is 5.76 Å². The molecule has 26 heavy (non-hydrogen) atoms. The Hall–Kier alpha value is -2.50. The first-order valence-corrected chi connectivity index (χ1v) is 8.55. The SMILES string of the molecule is CCOC(=O)/C(O)=C/C(=O)/C=C/c1cccn1Cc1ccc(Cl)cc1Cl. The van der Waals surface area contributed by atoms with Crippen molar-refractivity contribution in [1.82, 2.24) is 4.57 Å². The second kappa shape index (κ2) is 9.27. The first-order valence-electron chi connectivity index (χ1n) is 7.79. The van der Waals surface area contributed by atoms with Crippen molar-refractivity contribution in [3.8, 4) is 0 Å². The Morgan fingerprint density at radius 3 is 2.73 bits per heavy atom. The average molecular weight is 394 g/mol. The predicted octanol–water partition coefficient (Wildman–Crippen LogP) is 4.43. The molecule has 0 aliphatic carbocycles. The van der Waals surface area contributed by atoms with Crippen LogP contribution in [0, 0.1) is 0 Å². The number of aliphatic hydroxyl groups is 1. The number of carbonyl (C=O) groups is 2. The zero-order valence-electron chi connectivity index (χ0n) is 14.0. The van der Waals surface area contributed by atoms with Crippen molar-refractivity contribution in [2.24, 2.45) is 0 Å². The lowest BCUT2D eigenvalue weighted by molar-refractivity contribution is -0.141. The van der Waals surface area contributed by atoms with E-state index in [0.717, 1.165) is 17.3 Å². The molecule has 1 heterocycles. The molecule has 1 aromatic carbocycles. The molecular weight excluding hydrogens is 377 g/mol. The molecule has 0 aliphatic heterocycles. The minimum Gasteiger partial charge on any atom is -0.502 e. The van der Waals surface area contributed by atoms with E-state index in [1.54, 1.807) is 25.1 Å². The van der Waals surface area contributed by atoms with Crippen molar-refractivity contribution in [2.75, 3.05) is 6.61 Å². The highest BCUT2D eigenvalue weighted by atomic mass is 35.5. The quantitative estimate of drug-likeness (QED) is 0.429. The van der Waals surface area contributed by atoms with E-state index in [2.05, 4.69) is 4.74 Å². The summed E-state index contributed by atoms with van der Waals surface area (Å²) in [6.07, 6.45) is 5.50. The molecule has 2 rings (SSSR count). The molecule has 0 aliphatic rings. The lowest BCUT2D eigenvalue weighted by Crippen LogP contribution is -2.08. The van der Waals surface area contributed by atoms with E-state index in [1.807, 2.05) is 29.0 Å². The minimum atomic E-state index is -0.935. The fraction of sp³-hybridized carbons (Fsp3) is 0.158. The number of ether oxygens (including phenoxy) is 1. The molecule has 7 heteroatoms. The molecule has 0 unspecified atom stereocenters. The highest BCUT2D eigenvalue weighted by molar-refractivity contribution is 6.35. The van der Waals surface area contributed by atoms with E-state index >= 15 is 0 Å². The third-order valence-corrected chi connectivity index (χ3v) is 3.99. The molecule has 0 bridgehead atoms. The van der Waals surface area contributed by atoms with Crippen LogP contribution in [-0.4, -0.2) is 28.0 Å². The summed E-state index contributed by atoms with van der Waals surface area (Å²) in [4.78, 5) is 23.1. The normalized spacial score (nSPS) is 11.7. The maximum atomic E-state index is 11.8. The van der Waals surface area contributed by atoms with Crippen LogP contribution in [0.2, 0.25) is 10.0 Å². The standard InChI is InChI=1S/C19H17Cl2NO4/c1-2-26-19(25)18(24)11-16(23)8-7-15-4-3-9-22(15)12-13-5-6-14(20)10-17(13)21/h3-11,24H,2,12H2,1H3/b8-7+,18-11-. The van der Waals surface area contributed by atoms with Gasteiger partial charge in [0.05, 0.1) is 6.61 Å². The van der Waals surface area contributed by atoms with Crippen molar-refractivity contribution in [1.29, 1.82) is 0 Å². The van der Waals surface area contributed by atoms with E-state index in [4.69, 9.17) is 23.2 Å². The van der Waals surface area contributed by atoms with Gasteiger partial charge < -0.3 is 14.4 Å². The molecule has 1 aromatic heterocycles. The van der Waals surface area contributed by atoms with Crippen molar-refractivity contribution in [2.45, 2.75) is 13.5 Å². The van der Waals surface area contributed by atoms with Crippen LogP contribution >= 0.6 is 23.2 Å². The monoisotopic (exact) mass is 393 g/mol. The Kier molecular flexibility index (Phi) is 7.06. The minimum absolute atomic E-state index is 0.113. The van der Waals surface area contributed by atoms with Crippen LogP contribution in [0.5, 0.6) is 0 Å². The second-order valence-corrected chi connectivity index (χ2v) is 6.13. The molecule has 0 radical (unpaired) electrons. The molecule has 0 atom stereocenters. The first-order chi connectivity index (χ1) is 12.4. The third kappa shape index (κ3) is 5.51. The fourth-order valence-electron chi connectivity index (χ4n) is 2.17. The van der Waals surface area contributed by atoms with Crippen molar-refractivity contribution in [3.05, 3.63) is 75.7 Å². The zero-order valence-corrected chi connectivity index (χ0v) is 15.5. The molecule has 0 saturated carbocycles. The number of esters is 1. The second-order valence-electron chi connectivity index (χ2n) is 5.28. The molecule has 0 fully saturated rings. The molecule has 0 spiro atoms. The number of hydrogen-bond acceptors (Lipinski definition) is 4. The summed E-state index contributed by atoms with van der Waals surface area (Å²) in [6.45, 7) is 2.22. The van der Waals surface area contributed by atoms with E-state index in [-0.39, 0.29) is 6.61 Å². The molecule has 5 nitrogen and oxygen atoms in total. The Labute approximate surface area is 161 Å². The van der Waals surface area contributed by atoms with Gasteiger partial charge in [0.1, 0.15) is 0 Å². The summed E-state index contributed by atoms with van der Waals surface area (Å²) in [5.74, 6) is -2.20. The van der Waals surface area contributed by atoms with Gasteiger partial charge in [-0.2, -0.15) is 0 Å². The van der Waals surface area contributed by atoms with E-state index in [9.17, 15) is 14.7 Å². The van der Waals surface area contributed by atoms with Gasteiger partial charge in [-0.15, -0.1) is 0 Å².